The highest BCUT2D eigenvalue weighted by Crippen LogP contribution is 2.21. The minimum absolute atomic E-state index is 0.943. The summed E-state index contributed by atoms with van der Waals surface area (Å²) < 4.78 is 0. The van der Waals surface area contributed by atoms with E-state index in [0.29, 0.717) is 0 Å². The van der Waals surface area contributed by atoms with E-state index in [2.05, 4.69) is 23.8 Å². The molecule has 2 aliphatic rings. The van der Waals surface area contributed by atoms with Gasteiger partial charge in [0, 0.05) is 0 Å². The summed E-state index contributed by atoms with van der Waals surface area (Å²) in [5.74, 6) is 1.94. The average molecular weight is 154 g/mol. The monoisotopic (exact) mass is 154 g/mol. The van der Waals surface area contributed by atoms with E-state index in [1.807, 2.05) is 0 Å². The first kappa shape index (κ1) is 8.75. The van der Waals surface area contributed by atoms with Crippen LogP contribution in [0.25, 0.3) is 0 Å². The molecule has 2 nitrogen and oxygen atoms in total. The maximum Gasteiger partial charge on any atom is -0.000511 e. The molecule has 0 radical (unpaired) electrons. The molecule has 2 atom stereocenters. The second-order valence-electron chi connectivity index (χ2n) is 3.17. The quantitative estimate of drug-likeness (QED) is 0.500. The Morgan fingerprint density at radius 2 is 1.55 bits per heavy atom. The van der Waals surface area contributed by atoms with Gasteiger partial charge < -0.3 is 10.6 Å². The third-order valence-corrected chi connectivity index (χ3v) is 2.58. The van der Waals surface area contributed by atoms with Crippen LogP contribution in [0.2, 0.25) is 0 Å². The van der Waals surface area contributed by atoms with Gasteiger partial charge in [-0.1, -0.05) is 0 Å². The van der Waals surface area contributed by atoms with Crippen LogP contribution in [0.15, 0.2) is 13.2 Å². The predicted octanol–water partition coefficient (Wildman–Crippen LogP) is 0.617. The van der Waals surface area contributed by atoms with Gasteiger partial charge in [-0.2, -0.15) is 0 Å². The fraction of sp³-hybridized carbons (Fsp3) is 0.778. The van der Waals surface area contributed by atoms with Crippen LogP contribution in [-0.2, 0) is 0 Å². The lowest BCUT2D eigenvalue weighted by Crippen LogP contribution is -2.35. The van der Waals surface area contributed by atoms with Gasteiger partial charge in [0.2, 0.25) is 0 Å². The molecule has 2 fully saturated rings. The summed E-state index contributed by atoms with van der Waals surface area (Å²) in [7, 11) is 0. The van der Waals surface area contributed by atoms with Gasteiger partial charge >= 0.3 is 0 Å². The van der Waals surface area contributed by atoms with Crippen LogP contribution < -0.4 is 10.6 Å². The number of rotatable bonds is 0. The first-order valence-corrected chi connectivity index (χ1v) is 4.38. The Balaban J connectivity index is 0.000000281. The fourth-order valence-corrected chi connectivity index (χ4v) is 1.94. The Kier molecular flexibility index (Phi) is 3.60. The van der Waals surface area contributed by atoms with Crippen molar-refractivity contribution >= 4 is 0 Å². The summed E-state index contributed by atoms with van der Waals surface area (Å²) >= 11 is 0. The Labute approximate surface area is 69.1 Å². The topological polar surface area (TPSA) is 24.1 Å². The highest BCUT2D eigenvalue weighted by atomic mass is 15.0. The van der Waals surface area contributed by atoms with Gasteiger partial charge in [-0.25, -0.2) is 0 Å². The zero-order chi connectivity index (χ0) is 8.10. The largest absolute Gasteiger partial charge is 0.316 e. The fourth-order valence-electron chi connectivity index (χ4n) is 1.94. The van der Waals surface area contributed by atoms with Crippen molar-refractivity contribution in [2.75, 3.05) is 26.2 Å². The van der Waals surface area contributed by atoms with Crippen molar-refractivity contribution < 1.29 is 0 Å². The molecular formula is C9H18N2. The molecule has 0 spiro atoms. The van der Waals surface area contributed by atoms with E-state index in [4.69, 9.17) is 0 Å². The summed E-state index contributed by atoms with van der Waals surface area (Å²) in [4.78, 5) is 0. The Morgan fingerprint density at radius 1 is 0.909 bits per heavy atom. The van der Waals surface area contributed by atoms with Crippen LogP contribution in [0, 0.1) is 11.8 Å². The molecule has 11 heavy (non-hydrogen) atoms. The van der Waals surface area contributed by atoms with Crippen molar-refractivity contribution in [2.45, 2.75) is 6.42 Å². The Morgan fingerprint density at radius 3 is 2.27 bits per heavy atom. The molecular weight excluding hydrogens is 136 g/mol. The summed E-state index contributed by atoms with van der Waals surface area (Å²) in [5.41, 5.74) is 0. The molecule has 2 heterocycles. The second-order valence-corrected chi connectivity index (χ2v) is 3.17. The molecule has 2 N–H and O–H groups in total. The normalized spacial score (nSPS) is 35.3. The van der Waals surface area contributed by atoms with E-state index in [1.54, 1.807) is 0 Å². The lowest BCUT2D eigenvalue weighted by atomic mass is 9.90. The third-order valence-electron chi connectivity index (χ3n) is 2.58. The van der Waals surface area contributed by atoms with Gasteiger partial charge in [0.1, 0.15) is 0 Å². The smallest absolute Gasteiger partial charge is 0.000511 e. The third kappa shape index (κ3) is 2.04. The van der Waals surface area contributed by atoms with E-state index in [0.717, 1.165) is 11.8 Å². The minimum Gasteiger partial charge on any atom is -0.316 e. The zero-order valence-electron chi connectivity index (χ0n) is 7.10. The highest BCUT2D eigenvalue weighted by molar-refractivity contribution is 4.85. The molecule has 2 saturated heterocycles. The summed E-state index contributed by atoms with van der Waals surface area (Å²) in [6.45, 7) is 11.0. The van der Waals surface area contributed by atoms with Crippen molar-refractivity contribution in [1.82, 2.24) is 10.6 Å². The lowest BCUT2D eigenvalue weighted by Gasteiger charge is -2.24. The first-order chi connectivity index (χ1) is 5.47. The van der Waals surface area contributed by atoms with Crippen LogP contribution in [0.5, 0.6) is 0 Å². The number of nitrogens with one attached hydrogen (secondary N) is 2. The molecule has 0 aromatic rings. The van der Waals surface area contributed by atoms with E-state index < -0.39 is 0 Å². The average Bonchev–Trinajstić information content (AvgIpc) is 2.55. The van der Waals surface area contributed by atoms with Crippen molar-refractivity contribution in [1.29, 1.82) is 0 Å². The lowest BCUT2D eigenvalue weighted by molar-refractivity contribution is 0.318. The summed E-state index contributed by atoms with van der Waals surface area (Å²) in [6, 6.07) is 0. The van der Waals surface area contributed by atoms with Crippen LogP contribution in [0.1, 0.15) is 6.42 Å². The van der Waals surface area contributed by atoms with Gasteiger partial charge in [-0.05, 0) is 44.4 Å². The van der Waals surface area contributed by atoms with Gasteiger partial charge in [0.05, 0.1) is 0 Å². The number of hydrogen-bond donors (Lipinski definition) is 2. The SMILES string of the molecule is C1CC2CNCC2CN1.C=C. The molecule has 0 aromatic heterocycles. The van der Waals surface area contributed by atoms with E-state index in [1.165, 1.54) is 32.6 Å². The molecule has 2 aliphatic heterocycles. The molecule has 0 bridgehead atoms. The molecule has 0 aliphatic carbocycles. The van der Waals surface area contributed by atoms with Gasteiger partial charge in [0.25, 0.3) is 0 Å². The minimum atomic E-state index is 0.943. The van der Waals surface area contributed by atoms with Crippen LogP contribution in [-0.4, -0.2) is 26.2 Å². The van der Waals surface area contributed by atoms with Crippen LogP contribution in [0.3, 0.4) is 0 Å². The highest BCUT2D eigenvalue weighted by Gasteiger charge is 2.28. The predicted molar refractivity (Wildman–Crippen MR) is 48.6 cm³/mol. The van der Waals surface area contributed by atoms with Crippen molar-refractivity contribution in [3.05, 3.63) is 13.2 Å². The zero-order valence-corrected chi connectivity index (χ0v) is 7.10. The van der Waals surface area contributed by atoms with Gasteiger partial charge in [0.15, 0.2) is 0 Å². The molecule has 0 saturated carbocycles. The summed E-state index contributed by atoms with van der Waals surface area (Å²) in [6.07, 6.45) is 1.39. The van der Waals surface area contributed by atoms with E-state index >= 15 is 0 Å². The maximum absolute atomic E-state index is 3.42. The number of piperidine rings is 1. The van der Waals surface area contributed by atoms with Crippen molar-refractivity contribution in [2.24, 2.45) is 11.8 Å². The molecule has 2 unspecified atom stereocenters. The molecule has 0 aromatic carbocycles. The van der Waals surface area contributed by atoms with Crippen molar-refractivity contribution in [3.63, 3.8) is 0 Å². The molecule has 2 heteroatoms. The number of hydrogen-bond acceptors (Lipinski definition) is 2. The summed E-state index contributed by atoms with van der Waals surface area (Å²) in [5, 5.41) is 6.84. The Hall–Kier alpha value is -0.340. The first-order valence-electron chi connectivity index (χ1n) is 4.38. The molecule has 2 rings (SSSR count). The molecule has 64 valence electrons. The van der Waals surface area contributed by atoms with E-state index in [-0.39, 0.29) is 0 Å². The van der Waals surface area contributed by atoms with Crippen molar-refractivity contribution in [3.8, 4) is 0 Å². The Bertz CT molecular complexity index is 102. The van der Waals surface area contributed by atoms with Gasteiger partial charge in [-0.3, -0.25) is 0 Å². The van der Waals surface area contributed by atoms with Gasteiger partial charge in [-0.15, -0.1) is 13.2 Å². The second kappa shape index (κ2) is 4.52. The number of fused-ring (bicyclic) bond motifs is 1. The molecule has 0 amide bonds. The van der Waals surface area contributed by atoms with E-state index in [9.17, 15) is 0 Å². The standard InChI is InChI=1S/C7H14N2.C2H4/c1-2-8-4-7-5-9-3-6(1)7;1-2/h6-9H,1-5H2;1-2H2. The van der Waals surface area contributed by atoms with Crippen LogP contribution in [0.4, 0.5) is 0 Å². The maximum atomic E-state index is 3.42. The van der Waals surface area contributed by atoms with Crippen LogP contribution >= 0.6 is 0 Å².